The van der Waals surface area contributed by atoms with E-state index in [0.29, 0.717) is 11.5 Å². The summed E-state index contributed by atoms with van der Waals surface area (Å²) in [6.45, 7) is 9.53. The Hall–Kier alpha value is -3.69. The van der Waals surface area contributed by atoms with Gasteiger partial charge >= 0.3 is 7.60 Å². The molecule has 6 heteroatoms. The molecule has 4 aromatic rings. The minimum atomic E-state index is -3.45. The molecule has 0 heterocycles. The van der Waals surface area contributed by atoms with Crippen molar-refractivity contribution in [3.63, 3.8) is 0 Å². The average Bonchev–Trinajstić information content (AvgIpc) is 2.80. The molecule has 2 N–H and O–H groups in total. The number of phenolic OH excluding ortho intramolecular Hbond substituents is 2. The van der Waals surface area contributed by atoms with E-state index in [0.717, 1.165) is 46.2 Å². The second kappa shape index (κ2) is 10.7. The Morgan fingerprint density at radius 2 is 0.892 bits per heavy atom. The summed E-state index contributed by atoms with van der Waals surface area (Å²) in [5, 5.41) is 19.1. The Morgan fingerprint density at radius 1 is 0.595 bits per heavy atom. The van der Waals surface area contributed by atoms with Crippen molar-refractivity contribution in [3.05, 3.63) is 117 Å². The zero-order valence-corrected chi connectivity index (χ0v) is 22.8. The first kappa shape index (κ1) is 26.4. The molecular weight excluding hydrogens is 483 g/mol. The van der Waals surface area contributed by atoms with Crippen molar-refractivity contribution in [1.29, 1.82) is 0 Å². The molecule has 0 radical (unpaired) electrons. The number of phenols is 2. The lowest BCUT2D eigenvalue weighted by atomic mass is 9.96. The number of aromatic hydroxyl groups is 2. The smallest absolute Gasteiger partial charge is 0.427 e. The summed E-state index contributed by atoms with van der Waals surface area (Å²) >= 11 is 0. The fraction of sp³-hybridized carbons (Fsp3) is 0.226. The highest BCUT2D eigenvalue weighted by Gasteiger charge is 2.22. The Morgan fingerprint density at radius 3 is 1.19 bits per heavy atom. The van der Waals surface area contributed by atoms with E-state index in [4.69, 9.17) is 9.05 Å². The van der Waals surface area contributed by atoms with Gasteiger partial charge in [0.2, 0.25) is 0 Å². The molecule has 0 aliphatic rings. The first-order valence-electron chi connectivity index (χ1n) is 12.2. The molecule has 0 aliphatic carbocycles. The molecule has 0 saturated carbocycles. The summed E-state index contributed by atoms with van der Waals surface area (Å²) in [4.78, 5) is 0. The third-order valence-corrected chi connectivity index (χ3v) is 7.60. The topological polar surface area (TPSA) is 76.0 Å². The standard InChI is InChI=1S/C31H33O5P/c1-20-14-28(15-21(2)30(20)18-24-6-10-26(32)11-7-24)35-37(5,34)36-29-16-22(3)31(23(4)17-29)19-25-8-12-27(33)13-9-25/h6-17,32-33H,18-19H2,1-5H3. The summed E-state index contributed by atoms with van der Waals surface area (Å²) in [7, 11) is -3.45. The third kappa shape index (κ3) is 6.75. The quantitative estimate of drug-likeness (QED) is 0.234. The number of rotatable bonds is 8. The van der Waals surface area contributed by atoms with Crippen LogP contribution in [0.1, 0.15) is 44.5 Å². The molecule has 5 nitrogen and oxygen atoms in total. The van der Waals surface area contributed by atoms with Crippen LogP contribution >= 0.6 is 7.60 Å². The van der Waals surface area contributed by atoms with E-state index in [2.05, 4.69) is 0 Å². The molecule has 0 amide bonds. The fourth-order valence-electron chi connectivity index (χ4n) is 4.61. The molecule has 0 aromatic heterocycles. The number of hydrogen-bond acceptors (Lipinski definition) is 5. The van der Waals surface area contributed by atoms with Crippen LogP contribution in [0.25, 0.3) is 0 Å². The van der Waals surface area contributed by atoms with Gasteiger partial charge in [0, 0.05) is 0 Å². The van der Waals surface area contributed by atoms with Crippen LogP contribution in [0.4, 0.5) is 0 Å². The molecule has 0 bridgehead atoms. The van der Waals surface area contributed by atoms with Gasteiger partial charge in [-0.2, -0.15) is 0 Å². The molecule has 0 unspecified atom stereocenters. The van der Waals surface area contributed by atoms with Crippen molar-refractivity contribution in [1.82, 2.24) is 0 Å². The van der Waals surface area contributed by atoms with E-state index in [1.807, 2.05) is 76.2 Å². The van der Waals surface area contributed by atoms with Crippen molar-refractivity contribution in [2.24, 2.45) is 0 Å². The second-order valence-corrected chi connectivity index (χ2v) is 11.6. The maximum Gasteiger partial charge on any atom is 0.427 e. The number of benzene rings is 4. The SMILES string of the molecule is Cc1cc(OP(C)(=O)Oc2cc(C)c(Cc3ccc(O)cc3)c(C)c2)cc(C)c1Cc1ccc(O)cc1. The van der Waals surface area contributed by atoms with Crippen molar-refractivity contribution in [3.8, 4) is 23.0 Å². The Balaban J connectivity index is 1.48. The van der Waals surface area contributed by atoms with E-state index < -0.39 is 7.60 Å². The van der Waals surface area contributed by atoms with Crippen molar-refractivity contribution in [2.75, 3.05) is 6.66 Å². The molecule has 0 atom stereocenters. The zero-order chi connectivity index (χ0) is 26.7. The van der Waals surface area contributed by atoms with Crippen LogP contribution in [0.3, 0.4) is 0 Å². The van der Waals surface area contributed by atoms with Crippen molar-refractivity contribution < 1.29 is 23.8 Å². The molecule has 0 aliphatic heterocycles. The van der Waals surface area contributed by atoms with Gasteiger partial charge in [0.15, 0.2) is 0 Å². The molecule has 192 valence electrons. The lowest BCUT2D eigenvalue weighted by Crippen LogP contribution is -2.03. The highest BCUT2D eigenvalue weighted by atomic mass is 31.2. The van der Waals surface area contributed by atoms with Gasteiger partial charge in [-0.1, -0.05) is 24.3 Å². The fourth-order valence-corrected chi connectivity index (χ4v) is 5.62. The minimum Gasteiger partial charge on any atom is -0.508 e. The van der Waals surface area contributed by atoms with Crippen LogP contribution in [0.2, 0.25) is 0 Å². The number of aryl methyl sites for hydroxylation is 4. The van der Waals surface area contributed by atoms with E-state index >= 15 is 0 Å². The molecule has 37 heavy (non-hydrogen) atoms. The van der Waals surface area contributed by atoms with E-state index in [1.54, 1.807) is 24.3 Å². The van der Waals surface area contributed by atoms with Crippen LogP contribution < -0.4 is 9.05 Å². The molecule has 4 rings (SSSR count). The molecular formula is C31H33O5P. The predicted octanol–water partition coefficient (Wildman–Crippen LogP) is 7.79. The maximum atomic E-state index is 13.3. The summed E-state index contributed by atoms with van der Waals surface area (Å²) in [6.07, 6.45) is 1.46. The third-order valence-electron chi connectivity index (χ3n) is 6.52. The van der Waals surface area contributed by atoms with Gasteiger partial charge in [0.05, 0.1) is 6.66 Å². The Kier molecular flexibility index (Phi) is 7.65. The molecule has 4 aromatic carbocycles. The van der Waals surface area contributed by atoms with Crippen LogP contribution in [0, 0.1) is 27.7 Å². The monoisotopic (exact) mass is 516 g/mol. The normalized spacial score (nSPS) is 11.4. The van der Waals surface area contributed by atoms with Gasteiger partial charge in [0.25, 0.3) is 0 Å². The highest BCUT2D eigenvalue weighted by Crippen LogP contribution is 2.46. The van der Waals surface area contributed by atoms with Crippen LogP contribution in [-0.4, -0.2) is 16.9 Å². The van der Waals surface area contributed by atoms with Gasteiger partial charge in [0.1, 0.15) is 23.0 Å². The Bertz CT molecular complexity index is 1300. The van der Waals surface area contributed by atoms with E-state index in [9.17, 15) is 14.8 Å². The summed E-state index contributed by atoms with van der Waals surface area (Å²) in [6, 6.07) is 21.9. The zero-order valence-electron chi connectivity index (χ0n) is 21.9. The maximum absolute atomic E-state index is 13.3. The Labute approximate surface area is 218 Å². The molecule has 0 spiro atoms. The van der Waals surface area contributed by atoms with Crippen LogP contribution in [0.15, 0.2) is 72.8 Å². The van der Waals surface area contributed by atoms with E-state index in [-0.39, 0.29) is 11.5 Å². The van der Waals surface area contributed by atoms with E-state index in [1.165, 1.54) is 17.8 Å². The minimum absolute atomic E-state index is 0.247. The van der Waals surface area contributed by atoms with Crippen LogP contribution in [-0.2, 0) is 17.4 Å². The van der Waals surface area contributed by atoms with Crippen molar-refractivity contribution in [2.45, 2.75) is 40.5 Å². The summed E-state index contributed by atoms with van der Waals surface area (Å²) in [5.74, 6) is 1.51. The largest absolute Gasteiger partial charge is 0.508 e. The van der Waals surface area contributed by atoms with Gasteiger partial charge in [-0.25, -0.2) is 4.57 Å². The van der Waals surface area contributed by atoms with Gasteiger partial charge in [-0.15, -0.1) is 0 Å². The lowest BCUT2D eigenvalue weighted by Gasteiger charge is -2.20. The second-order valence-electron chi connectivity index (χ2n) is 9.71. The predicted molar refractivity (Wildman–Crippen MR) is 148 cm³/mol. The summed E-state index contributed by atoms with van der Waals surface area (Å²) in [5.41, 5.74) is 8.67. The molecule has 0 saturated heterocycles. The first-order chi connectivity index (χ1) is 17.5. The summed E-state index contributed by atoms with van der Waals surface area (Å²) < 4.78 is 25.1. The van der Waals surface area contributed by atoms with Gasteiger partial charge in [-0.05, 0) is 134 Å². The number of hydrogen-bond donors (Lipinski definition) is 2. The average molecular weight is 517 g/mol. The highest BCUT2D eigenvalue weighted by molar-refractivity contribution is 7.53. The molecule has 0 fully saturated rings. The van der Waals surface area contributed by atoms with Crippen LogP contribution in [0.5, 0.6) is 23.0 Å². The lowest BCUT2D eigenvalue weighted by molar-refractivity contribution is 0.393. The van der Waals surface area contributed by atoms with Gasteiger partial charge < -0.3 is 19.3 Å². The van der Waals surface area contributed by atoms with Crippen molar-refractivity contribution >= 4 is 7.60 Å². The van der Waals surface area contributed by atoms with Gasteiger partial charge in [-0.3, -0.25) is 0 Å². The first-order valence-corrected chi connectivity index (χ1v) is 14.2.